The average Bonchev–Trinajstić information content (AvgIpc) is 2.81. The van der Waals surface area contributed by atoms with Gasteiger partial charge in [-0.2, -0.15) is 0 Å². The molecule has 4 nitrogen and oxygen atoms in total. The number of nitrogens with one attached hydrogen (secondary N) is 1. The van der Waals surface area contributed by atoms with E-state index < -0.39 is 0 Å². The molecule has 0 saturated carbocycles. The van der Waals surface area contributed by atoms with Gasteiger partial charge in [0.15, 0.2) is 0 Å². The number of ether oxygens (including phenoxy) is 1. The molecule has 0 radical (unpaired) electrons. The average molecular weight is 434 g/mol. The third-order valence-corrected chi connectivity index (χ3v) is 7.07. The molecule has 0 amide bonds. The van der Waals surface area contributed by atoms with Crippen LogP contribution >= 0.6 is 0 Å². The Morgan fingerprint density at radius 1 is 1.09 bits per heavy atom. The fraction of sp³-hybridized carbons (Fsp3) is 0.500. The van der Waals surface area contributed by atoms with E-state index >= 15 is 0 Å². The fourth-order valence-corrected chi connectivity index (χ4v) is 5.15. The van der Waals surface area contributed by atoms with E-state index in [4.69, 9.17) is 4.74 Å². The lowest BCUT2D eigenvalue weighted by Crippen LogP contribution is -2.44. The van der Waals surface area contributed by atoms with Crippen molar-refractivity contribution in [1.82, 2.24) is 9.80 Å². The van der Waals surface area contributed by atoms with Gasteiger partial charge in [0, 0.05) is 36.8 Å². The zero-order valence-electron chi connectivity index (χ0n) is 20.2. The van der Waals surface area contributed by atoms with E-state index in [1.165, 1.54) is 28.8 Å². The molecule has 4 heteroatoms. The van der Waals surface area contributed by atoms with E-state index in [1.54, 1.807) is 0 Å². The maximum Gasteiger partial charge on any atom is 0.0900 e. The first-order chi connectivity index (χ1) is 15.5. The standard InChI is InChI=1S/C28H39N3O/c1-6-31(17-16-30(4)5)19-23-13-14-24-27(21-10-8-7-9-11-21)29-26-15-12-22(20(2)3)18-25(26)28(24)32-23/h7-12,15,18,23-24,27-29H,2,6,13-14,16-17,19H2,1,3-5H3/t23-,24-,27+,28-/m0/s1. The Kier molecular flexibility index (Phi) is 7.34. The molecule has 172 valence electrons. The maximum atomic E-state index is 6.92. The van der Waals surface area contributed by atoms with Crippen LogP contribution in [0.25, 0.3) is 5.57 Å². The molecule has 2 aliphatic rings. The van der Waals surface area contributed by atoms with E-state index in [0.29, 0.717) is 5.92 Å². The molecule has 4 rings (SSSR count). The zero-order chi connectivity index (χ0) is 22.7. The number of hydrogen-bond acceptors (Lipinski definition) is 4. The summed E-state index contributed by atoms with van der Waals surface area (Å²) in [5, 5.41) is 3.85. The molecule has 1 fully saturated rings. The SMILES string of the molecule is C=C(C)c1ccc2c(c1)[C@H]1O[C@H](CN(CC)CCN(C)C)CC[C@H]1[C@@H](c1ccccc1)N2. The number of hydrogen-bond donors (Lipinski definition) is 1. The monoisotopic (exact) mass is 433 g/mol. The molecule has 1 saturated heterocycles. The molecule has 0 aliphatic carbocycles. The zero-order valence-corrected chi connectivity index (χ0v) is 20.2. The van der Waals surface area contributed by atoms with Gasteiger partial charge in [-0.15, -0.1) is 0 Å². The predicted molar refractivity (Wildman–Crippen MR) is 135 cm³/mol. The highest BCUT2D eigenvalue weighted by Gasteiger charge is 2.42. The molecule has 0 aromatic heterocycles. The fourth-order valence-electron chi connectivity index (χ4n) is 5.15. The highest BCUT2D eigenvalue weighted by molar-refractivity contribution is 5.68. The lowest BCUT2D eigenvalue weighted by molar-refractivity contribution is -0.102. The topological polar surface area (TPSA) is 27.7 Å². The van der Waals surface area contributed by atoms with E-state index in [0.717, 1.165) is 38.2 Å². The van der Waals surface area contributed by atoms with Crippen molar-refractivity contribution in [2.24, 2.45) is 5.92 Å². The Morgan fingerprint density at radius 2 is 1.88 bits per heavy atom. The molecule has 2 aromatic carbocycles. The summed E-state index contributed by atoms with van der Waals surface area (Å²) in [6.45, 7) is 12.7. The molecule has 2 heterocycles. The first kappa shape index (κ1) is 23.0. The summed E-state index contributed by atoms with van der Waals surface area (Å²) in [6.07, 6.45) is 2.67. The minimum absolute atomic E-state index is 0.113. The lowest BCUT2D eigenvalue weighted by Gasteiger charge is -2.46. The van der Waals surface area contributed by atoms with Gasteiger partial charge in [0.05, 0.1) is 18.2 Å². The van der Waals surface area contributed by atoms with E-state index in [-0.39, 0.29) is 18.2 Å². The van der Waals surface area contributed by atoms with Crippen molar-refractivity contribution in [3.63, 3.8) is 0 Å². The van der Waals surface area contributed by atoms with Crippen LogP contribution in [0.5, 0.6) is 0 Å². The summed E-state index contributed by atoms with van der Waals surface area (Å²) >= 11 is 0. The van der Waals surface area contributed by atoms with Gasteiger partial charge in [-0.25, -0.2) is 0 Å². The predicted octanol–water partition coefficient (Wildman–Crippen LogP) is 5.61. The van der Waals surface area contributed by atoms with Gasteiger partial charge in [0.1, 0.15) is 0 Å². The minimum atomic E-state index is 0.113. The van der Waals surface area contributed by atoms with Crippen LogP contribution in [0.2, 0.25) is 0 Å². The lowest BCUT2D eigenvalue weighted by atomic mass is 9.76. The molecule has 4 atom stereocenters. The van der Waals surface area contributed by atoms with E-state index in [2.05, 4.69) is 98.2 Å². The van der Waals surface area contributed by atoms with Crippen LogP contribution < -0.4 is 5.32 Å². The second-order valence-corrected chi connectivity index (χ2v) is 9.73. The number of fused-ring (bicyclic) bond motifs is 3. The van der Waals surface area contributed by atoms with Crippen molar-refractivity contribution >= 4 is 11.3 Å². The molecule has 32 heavy (non-hydrogen) atoms. The first-order valence-corrected chi connectivity index (χ1v) is 12.1. The summed E-state index contributed by atoms with van der Waals surface area (Å²) in [5.74, 6) is 0.429. The Balaban J connectivity index is 1.60. The van der Waals surface area contributed by atoms with Gasteiger partial charge in [-0.05, 0) is 63.7 Å². The molecular weight excluding hydrogens is 394 g/mol. The molecule has 0 bridgehead atoms. The van der Waals surface area contributed by atoms with Crippen molar-refractivity contribution in [2.45, 2.75) is 44.9 Å². The van der Waals surface area contributed by atoms with E-state index in [9.17, 15) is 0 Å². The van der Waals surface area contributed by atoms with Crippen LogP contribution in [0, 0.1) is 5.92 Å². The first-order valence-electron chi connectivity index (χ1n) is 12.1. The van der Waals surface area contributed by atoms with Gasteiger partial charge in [0.25, 0.3) is 0 Å². The van der Waals surface area contributed by atoms with Gasteiger partial charge in [-0.1, -0.05) is 55.5 Å². The Bertz CT molecular complexity index is 910. The Labute approximate surface area is 194 Å². The largest absolute Gasteiger partial charge is 0.378 e. The van der Waals surface area contributed by atoms with Gasteiger partial charge < -0.3 is 15.0 Å². The molecule has 0 unspecified atom stereocenters. The van der Waals surface area contributed by atoms with Gasteiger partial charge in [-0.3, -0.25) is 4.90 Å². The quantitative estimate of drug-likeness (QED) is 0.586. The van der Waals surface area contributed by atoms with Crippen molar-refractivity contribution in [3.05, 3.63) is 71.8 Å². The number of nitrogens with zero attached hydrogens (tertiary/aromatic N) is 2. The Morgan fingerprint density at radius 3 is 2.56 bits per heavy atom. The molecule has 2 aliphatic heterocycles. The van der Waals surface area contributed by atoms with Crippen LogP contribution in [0.1, 0.15) is 55.5 Å². The number of benzene rings is 2. The number of allylic oxidation sites excluding steroid dienone is 1. The van der Waals surface area contributed by atoms with Crippen molar-refractivity contribution in [3.8, 4) is 0 Å². The van der Waals surface area contributed by atoms with E-state index in [1.807, 2.05) is 0 Å². The van der Waals surface area contributed by atoms with Crippen molar-refractivity contribution in [1.29, 1.82) is 0 Å². The third kappa shape index (κ3) is 5.09. The summed E-state index contributed by atoms with van der Waals surface area (Å²) < 4.78 is 6.92. The summed E-state index contributed by atoms with van der Waals surface area (Å²) in [4.78, 5) is 4.79. The number of anilines is 1. The summed E-state index contributed by atoms with van der Waals surface area (Å²) in [5.41, 5.74) is 6.15. The number of likely N-dealkylation sites (N-methyl/N-ethyl adjacent to an activating group) is 2. The minimum Gasteiger partial charge on any atom is -0.378 e. The van der Waals surface area contributed by atoms with Crippen molar-refractivity contribution < 1.29 is 4.74 Å². The third-order valence-electron chi connectivity index (χ3n) is 7.07. The normalized spacial score (nSPS) is 24.7. The smallest absolute Gasteiger partial charge is 0.0900 e. The van der Waals surface area contributed by atoms with Crippen LogP contribution in [-0.2, 0) is 4.74 Å². The second kappa shape index (κ2) is 10.2. The maximum absolute atomic E-state index is 6.92. The molecule has 1 N–H and O–H groups in total. The van der Waals surface area contributed by atoms with Crippen LogP contribution in [-0.4, -0.2) is 56.2 Å². The molecular formula is C28H39N3O. The number of rotatable bonds is 8. The van der Waals surface area contributed by atoms with Crippen LogP contribution in [0.15, 0.2) is 55.1 Å². The highest BCUT2D eigenvalue weighted by Crippen LogP contribution is 2.50. The summed E-state index contributed by atoms with van der Waals surface area (Å²) in [6, 6.07) is 17.8. The second-order valence-electron chi connectivity index (χ2n) is 9.73. The van der Waals surface area contributed by atoms with Crippen LogP contribution in [0.4, 0.5) is 5.69 Å². The van der Waals surface area contributed by atoms with Gasteiger partial charge in [0.2, 0.25) is 0 Å². The highest BCUT2D eigenvalue weighted by atomic mass is 16.5. The van der Waals surface area contributed by atoms with Gasteiger partial charge >= 0.3 is 0 Å². The molecule has 0 spiro atoms. The molecule has 2 aromatic rings. The van der Waals surface area contributed by atoms with Crippen molar-refractivity contribution in [2.75, 3.05) is 45.6 Å². The Hall–Kier alpha value is -2.14. The van der Waals surface area contributed by atoms with Crippen LogP contribution in [0.3, 0.4) is 0 Å². The summed E-state index contributed by atoms with van der Waals surface area (Å²) in [7, 11) is 4.29.